The van der Waals surface area contributed by atoms with Gasteiger partial charge in [-0.25, -0.2) is 0 Å². The number of rotatable bonds is 6. The van der Waals surface area contributed by atoms with Crippen molar-refractivity contribution in [2.24, 2.45) is 0 Å². The van der Waals surface area contributed by atoms with Gasteiger partial charge in [0.05, 0.1) is 11.6 Å². The van der Waals surface area contributed by atoms with Crippen molar-refractivity contribution in [2.45, 2.75) is 25.2 Å². The van der Waals surface area contributed by atoms with Gasteiger partial charge in [-0.3, -0.25) is 4.90 Å². The molecule has 0 bridgehead atoms. The van der Waals surface area contributed by atoms with E-state index in [1.165, 1.54) is 29.4 Å². The largest absolute Gasteiger partial charge is 0.361 e. The van der Waals surface area contributed by atoms with E-state index in [-0.39, 0.29) is 0 Å². The SMILES string of the molecule is N#Cc1ccc2[nH]cc(CCCCN3CC=CC(c4ccccc4)C3)c2c1. The summed E-state index contributed by atoms with van der Waals surface area (Å²) in [4.78, 5) is 5.88. The molecule has 27 heavy (non-hydrogen) atoms. The molecule has 3 nitrogen and oxygen atoms in total. The number of aryl methyl sites for hydroxylation is 1. The molecular formula is C24H25N3. The minimum atomic E-state index is 0.512. The summed E-state index contributed by atoms with van der Waals surface area (Å²) in [5, 5.41) is 10.3. The van der Waals surface area contributed by atoms with Crippen LogP contribution in [-0.2, 0) is 6.42 Å². The number of H-pyrrole nitrogens is 1. The van der Waals surface area contributed by atoms with Crippen LogP contribution in [0, 0.1) is 11.3 Å². The number of benzene rings is 2. The second-order valence-electron chi connectivity index (χ2n) is 7.35. The summed E-state index contributed by atoms with van der Waals surface area (Å²) >= 11 is 0. The Morgan fingerprint density at radius 1 is 1.11 bits per heavy atom. The van der Waals surface area contributed by atoms with E-state index in [1.807, 2.05) is 18.2 Å². The van der Waals surface area contributed by atoms with E-state index in [1.54, 1.807) is 0 Å². The molecule has 1 N–H and O–H groups in total. The number of hydrogen-bond acceptors (Lipinski definition) is 2. The van der Waals surface area contributed by atoms with E-state index in [0.717, 1.165) is 37.1 Å². The Labute approximate surface area is 160 Å². The zero-order valence-electron chi connectivity index (χ0n) is 15.6. The third kappa shape index (κ3) is 4.13. The molecular weight excluding hydrogens is 330 g/mol. The molecule has 1 atom stereocenters. The van der Waals surface area contributed by atoms with Crippen LogP contribution in [0.5, 0.6) is 0 Å². The number of hydrogen-bond donors (Lipinski definition) is 1. The molecule has 0 amide bonds. The van der Waals surface area contributed by atoms with Crippen LogP contribution in [0.1, 0.15) is 35.4 Å². The lowest BCUT2D eigenvalue weighted by Gasteiger charge is -2.29. The second-order valence-corrected chi connectivity index (χ2v) is 7.35. The first kappa shape index (κ1) is 17.6. The van der Waals surface area contributed by atoms with Crippen molar-refractivity contribution < 1.29 is 0 Å². The molecule has 0 aliphatic carbocycles. The second kappa shape index (κ2) is 8.24. The fourth-order valence-corrected chi connectivity index (χ4v) is 3.99. The number of unbranched alkanes of at least 4 members (excludes halogenated alkanes) is 1. The molecule has 0 saturated carbocycles. The van der Waals surface area contributed by atoms with Crippen LogP contribution in [-0.4, -0.2) is 29.5 Å². The van der Waals surface area contributed by atoms with Crippen molar-refractivity contribution in [3.8, 4) is 6.07 Å². The maximum absolute atomic E-state index is 9.12. The Bertz CT molecular complexity index is 962. The van der Waals surface area contributed by atoms with Crippen LogP contribution in [0.3, 0.4) is 0 Å². The third-order valence-corrected chi connectivity index (χ3v) is 5.48. The fourth-order valence-electron chi connectivity index (χ4n) is 3.99. The highest BCUT2D eigenvalue weighted by atomic mass is 15.1. The topological polar surface area (TPSA) is 42.8 Å². The van der Waals surface area contributed by atoms with E-state index >= 15 is 0 Å². The first-order valence-corrected chi connectivity index (χ1v) is 9.77. The summed E-state index contributed by atoms with van der Waals surface area (Å²) < 4.78 is 0. The monoisotopic (exact) mass is 355 g/mol. The Morgan fingerprint density at radius 3 is 2.85 bits per heavy atom. The number of aromatic amines is 1. The van der Waals surface area contributed by atoms with Gasteiger partial charge >= 0.3 is 0 Å². The third-order valence-electron chi connectivity index (χ3n) is 5.48. The van der Waals surface area contributed by atoms with Gasteiger partial charge < -0.3 is 4.98 Å². The molecule has 1 aromatic heterocycles. The zero-order chi connectivity index (χ0) is 18.5. The van der Waals surface area contributed by atoms with Gasteiger partial charge in [-0.1, -0.05) is 42.5 Å². The van der Waals surface area contributed by atoms with E-state index in [9.17, 15) is 0 Å². The van der Waals surface area contributed by atoms with Crippen LogP contribution < -0.4 is 0 Å². The molecule has 0 spiro atoms. The Balaban J connectivity index is 1.29. The van der Waals surface area contributed by atoms with Crippen LogP contribution in [0.25, 0.3) is 10.9 Å². The summed E-state index contributed by atoms with van der Waals surface area (Å²) in [6.45, 7) is 3.31. The summed E-state index contributed by atoms with van der Waals surface area (Å²) in [5.41, 5.74) is 4.58. The Morgan fingerprint density at radius 2 is 2.00 bits per heavy atom. The minimum absolute atomic E-state index is 0.512. The van der Waals surface area contributed by atoms with Gasteiger partial charge in [-0.15, -0.1) is 0 Å². The molecule has 3 heteroatoms. The van der Waals surface area contributed by atoms with Gasteiger partial charge in [0.2, 0.25) is 0 Å². The molecule has 2 heterocycles. The predicted octanol–water partition coefficient (Wildman–Crippen LogP) is 5.02. The Hall–Kier alpha value is -2.83. The van der Waals surface area contributed by atoms with Crippen LogP contribution >= 0.6 is 0 Å². The molecule has 1 unspecified atom stereocenters. The van der Waals surface area contributed by atoms with Crippen molar-refractivity contribution in [3.63, 3.8) is 0 Å². The van der Waals surface area contributed by atoms with Gasteiger partial charge in [0, 0.05) is 36.1 Å². The highest BCUT2D eigenvalue weighted by molar-refractivity contribution is 5.84. The average Bonchev–Trinajstić information content (AvgIpc) is 3.14. The lowest BCUT2D eigenvalue weighted by Crippen LogP contribution is -2.32. The molecule has 1 aliphatic heterocycles. The van der Waals surface area contributed by atoms with Gasteiger partial charge in [0.15, 0.2) is 0 Å². The highest BCUT2D eigenvalue weighted by Gasteiger charge is 2.16. The van der Waals surface area contributed by atoms with Crippen molar-refractivity contribution in [1.82, 2.24) is 9.88 Å². The van der Waals surface area contributed by atoms with E-state index in [4.69, 9.17) is 5.26 Å². The molecule has 1 aliphatic rings. The molecule has 136 valence electrons. The maximum atomic E-state index is 9.12. The maximum Gasteiger partial charge on any atom is 0.0991 e. The number of aromatic nitrogens is 1. The lowest BCUT2D eigenvalue weighted by atomic mass is 9.95. The van der Waals surface area contributed by atoms with E-state index in [0.29, 0.717) is 5.92 Å². The molecule has 0 saturated heterocycles. The summed E-state index contributed by atoms with van der Waals surface area (Å²) in [7, 11) is 0. The number of nitriles is 1. The predicted molar refractivity (Wildman–Crippen MR) is 111 cm³/mol. The van der Waals surface area contributed by atoms with Crippen molar-refractivity contribution in [1.29, 1.82) is 5.26 Å². The molecule has 0 fully saturated rings. The van der Waals surface area contributed by atoms with Gasteiger partial charge in [-0.2, -0.15) is 5.26 Å². The van der Waals surface area contributed by atoms with Gasteiger partial charge in [0.1, 0.15) is 0 Å². The first-order chi connectivity index (χ1) is 13.3. The highest BCUT2D eigenvalue weighted by Crippen LogP contribution is 2.23. The first-order valence-electron chi connectivity index (χ1n) is 9.77. The molecule has 3 aromatic rings. The normalized spacial score (nSPS) is 17.2. The fraction of sp³-hybridized carbons (Fsp3) is 0.292. The molecule has 4 rings (SSSR count). The standard InChI is InChI=1S/C24H25N3/c25-16-19-11-12-24-23(15-19)21(17-26-24)9-4-5-13-27-14-6-10-22(18-27)20-7-2-1-3-8-20/h1-3,6-8,10-12,15,17,22,26H,4-5,9,13-14,18H2. The number of nitrogens with one attached hydrogen (secondary N) is 1. The molecule has 0 radical (unpaired) electrons. The number of nitrogens with zero attached hydrogens (tertiary/aromatic N) is 2. The van der Waals surface area contributed by atoms with E-state index in [2.05, 4.69) is 64.6 Å². The van der Waals surface area contributed by atoms with Gasteiger partial charge in [-0.05, 0) is 55.1 Å². The summed E-state index contributed by atoms with van der Waals surface area (Å²) in [6, 6.07) is 18.9. The quantitative estimate of drug-likeness (QED) is 0.498. The van der Waals surface area contributed by atoms with Crippen LogP contribution in [0.2, 0.25) is 0 Å². The Kier molecular flexibility index (Phi) is 5.37. The van der Waals surface area contributed by atoms with Crippen LogP contribution in [0.4, 0.5) is 0 Å². The minimum Gasteiger partial charge on any atom is -0.361 e. The smallest absolute Gasteiger partial charge is 0.0991 e. The van der Waals surface area contributed by atoms with Gasteiger partial charge in [0.25, 0.3) is 0 Å². The van der Waals surface area contributed by atoms with E-state index < -0.39 is 0 Å². The summed E-state index contributed by atoms with van der Waals surface area (Å²) in [6.07, 6.45) is 10.2. The number of fused-ring (bicyclic) bond motifs is 1. The zero-order valence-corrected chi connectivity index (χ0v) is 15.6. The lowest BCUT2D eigenvalue weighted by molar-refractivity contribution is 0.278. The van der Waals surface area contributed by atoms with Crippen molar-refractivity contribution >= 4 is 10.9 Å². The molecule has 2 aromatic carbocycles. The average molecular weight is 355 g/mol. The van der Waals surface area contributed by atoms with Crippen LogP contribution in [0.15, 0.2) is 66.9 Å². The van der Waals surface area contributed by atoms with Crippen molar-refractivity contribution in [3.05, 3.63) is 83.6 Å². The summed E-state index contributed by atoms with van der Waals surface area (Å²) in [5.74, 6) is 0.512. The van der Waals surface area contributed by atoms with Crippen molar-refractivity contribution in [2.75, 3.05) is 19.6 Å².